The maximum Gasteiger partial charge on any atom is 0.225 e. The zero-order valence-corrected chi connectivity index (χ0v) is 21.0. The van der Waals surface area contributed by atoms with Crippen molar-refractivity contribution < 1.29 is 18.3 Å². The largest absolute Gasteiger partial charge is 0.624 e. The molecule has 2 heterocycles. The molecule has 0 amide bonds. The van der Waals surface area contributed by atoms with E-state index in [1.165, 1.54) is 18.3 Å². The summed E-state index contributed by atoms with van der Waals surface area (Å²) in [5.41, 5.74) is 2.89. The van der Waals surface area contributed by atoms with Crippen LogP contribution in [0.3, 0.4) is 0 Å². The minimum absolute atomic E-state index is 0.167. The van der Waals surface area contributed by atoms with E-state index in [1.54, 1.807) is 38.1 Å². The Morgan fingerprint density at radius 2 is 1.67 bits per heavy atom. The number of piperidine rings is 1. The molecule has 1 fully saturated rings. The highest BCUT2D eigenvalue weighted by Gasteiger charge is 2.23. The smallest absolute Gasteiger partial charge is 0.225 e. The van der Waals surface area contributed by atoms with E-state index in [1.807, 2.05) is 12.4 Å². The Hall–Kier alpha value is -3.55. The molecule has 2 aromatic carbocycles. The third kappa shape index (κ3) is 6.17. The van der Waals surface area contributed by atoms with Gasteiger partial charge in [0.2, 0.25) is 5.95 Å². The molecule has 6 nitrogen and oxygen atoms in total. The highest BCUT2D eigenvalue weighted by atomic mass is 19.1. The van der Waals surface area contributed by atoms with Gasteiger partial charge >= 0.3 is 0 Å². The Bertz CT molecular complexity index is 1170. The maximum absolute atomic E-state index is 14.8. The van der Waals surface area contributed by atoms with Crippen molar-refractivity contribution in [2.75, 3.05) is 24.6 Å². The average Bonchev–Trinajstić information content (AvgIpc) is 2.89. The van der Waals surface area contributed by atoms with Crippen LogP contribution in [0.25, 0.3) is 11.1 Å². The quantitative estimate of drug-likeness (QED) is 0.176. The molecule has 0 unspecified atom stereocenters. The Kier molecular flexibility index (Phi) is 8.13. The summed E-state index contributed by atoms with van der Waals surface area (Å²) in [5, 5.41) is 11.8. The van der Waals surface area contributed by atoms with E-state index < -0.39 is 11.6 Å². The standard InChI is InChI=1S/C28H32F2N4O2/c1-4-20-15-31-28(32-16-20)33-11-9-22(10-12-33)18-36-27-25(29)13-24(14-26(27)30)23-7-5-21(6-8-23)17-34(35)19(2)3/h5-8,13-17,19,22H,4,9-12,18H2,1-3H3/b34-17-. The normalized spacial score (nSPS) is 14.9. The zero-order valence-electron chi connectivity index (χ0n) is 21.0. The van der Waals surface area contributed by atoms with Gasteiger partial charge in [0.05, 0.1) is 6.61 Å². The lowest BCUT2D eigenvalue weighted by Gasteiger charge is -2.31. The molecule has 8 heteroatoms. The summed E-state index contributed by atoms with van der Waals surface area (Å²) in [6, 6.07) is 9.37. The zero-order chi connectivity index (χ0) is 25.7. The van der Waals surface area contributed by atoms with Crippen molar-refractivity contribution in [3.8, 4) is 16.9 Å². The van der Waals surface area contributed by atoms with Crippen LogP contribution < -0.4 is 9.64 Å². The number of halogens is 2. The second kappa shape index (κ2) is 11.5. The van der Waals surface area contributed by atoms with Crippen molar-refractivity contribution >= 4 is 12.2 Å². The number of rotatable bonds is 8. The Morgan fingerprint density at radius 1 is 1.06 bits per heavy atom. The van der Waals surface area contributed by atoms with Gasteiger partial charge < -0.3 is 14.8 Å². The van der Waals surface area contributed by atoms with Crippen molar-refractivity contribution in [3.05, 3.63) is 76.8 Å². The number of hydrogen-bond donors (Lipinski definition) is 0. The van der Waals surface area contributed by atoms with Crippen molar-refractivity contribution in [1.82, 2.24) is 9.97 Å². The van der Waals surface area contributed by atoms with Gasteiger partial charge in [0.25, 0.3) is 0 Å². The van der Waals surface area contributed by atoms with Gasteiger partial charge in [-0.3, -0.25) is 0 Å². The topological polar surface area (TPSA) is 64.3 Å². The van der Waals surface area contributed by atoms with E-state index in [0.29, 0.717) is 11.1 Å². The van der Waals surface area contributed by atoms with Gasteiger partial charge in [0, 0.05) is 31.0 Å². The van der Waals surface area contributed by atoms with Crippen LogP contribution in [0.5, 0.6) is 5.75 Å². The summed E-state index contributed by atoms with van der Waals surface area (Å²) >= 11 is 0. The summed E-state index contributed by atoms with van der Waals surface area (Å²) in [5.74, 6) is -0.884. The minimum atomic E-state index is -0.729. The number of aryl methyl sites for hydroxylation is 1. The molecule has 0 saturated carbocycles. The number of hydroxylamine groups is 1. The van der Waals surface area contributed by atoms with Gasteiger partial charge in [-0.15, -0.1) is 0 Å². The molecular weight excluding hydrogens is 462 g/mol. The summed E-state index contributed by atoms with van der Waals surface area (Å²) in [6.45, 7) is 7.48. The summed E-state index contributed by atoms with van der Waals surface area (Å²) in [4.78, 5) is 11.0. The fourth-order valence-corrected chi connectivity index (χ4v) is 4.12. The molecule has 36 heavy (non-hydrogen) atoms. The molecule has 0 atom stereocenters. The van der Waals surface area contributed by atoms with E-state index in [4.69, 9.17) is 4.74 Å². The fourth-order valence-electron chi connectivity index (χ4n) is 4.12. The SMILES string of the molecule is CCc1cnc(N2CCC(COc3c(F)cc(-c4ccc(/C=[N+](\[O-])C(C)C)cc4)cc3F)CC2)nc1. The Labute approximate surface area is 210 Å². The first-order valence-electron chi connectivity index (χ1n) is 12.4. The molecule has 190 valence electrons. The predicted octanol–water partition coefficient (Wildman–Crippen LogP) is 5.62. The molecule has 1 aromatic heterocycles. The number of nitrogens with zero attached hydrogens (tertiary/aromatic N) is 4. The van der Waals surface area contributed by atoms with Crippen molar-refractivity contribution in [3.63, 3.8) is 0 Å². The molecule has 1 aliphatic heterocycles. The molecule has 4 rings (SSSR count). The molecular formula is C28H32F2N4O2. The number of hydrogen-bond acceptors (Lipinski definition) is 5. The molecule has 1 saturated heterocycles. The van der Waals surface area contributed by atoms with E-state index in [2.05, 4.69) is 21.8 Å². The van der Waals surface area contributed by atoms with Crippen LogP contribution in [0.2, 0.25) is 0 Å². The van der Waals surface area contributed by atoms with Crippen molar-refractivity contribution in [2.45, 2.75) is 46.1 Å². The van der Waals surface area contributed by atoms with Crippen LogP contribution in [0.15, 0.2) is 48.8 Å². The van der Waals surface area contributed by atoms with Crippen LogP contribution in [-0.2, 0) is 6.42 Å². The van der Waals surface area contributed by atoms with E-state index in [9.17, 15) is 14.0 Å². The molecule has 1 aliphatic rings. The first-order valence-corrected chi connectivity index (χ1v) is 12.4. The predicted molar refractivity (Wildman–Crippen MR) is 138 cm³/mol. The average molecular weight is 495 g/mol. The number of anilines is 1. The Balaban J connectivity index is 1.35. The van der Waals surface area contributed by atoms with Crippen molar-refractivity contribution in [2.24, 2.45) is 5.92 Å². The first kappa shape index (κ1) is 25.5. The highest BCUT2D eigenvalue weighted by molar-refractivity contribution is 5.77. The second-order valence-electron chi connectivity index (χ2n) is 9.46. The van der Waals surface area contributed by atoms with Crippen LogP contribution in [-0.4, -0.2) is 46.7 Å². The monoisotopic (exact) mass is 494 g/mol. The summed E-state index contributed by atoms with van der Waals surface area (Å²) in [7, 11) is 0. The maximum atomic E-state index is 14.8. The molecule has 0 bridgehead atoms. The third-order valence-corrected chi connectivity index (χ3v) is 6.49. The lowest BCUT2D eigenvalue weighted by atomic mass is 9.98. The summed E-state index contributed by atoms with van der Waals surface area (Å²) in [6.07, 6.45) is 7.77. The molecule has 0 aliphatic carbocycles. The van der Waals surface area contributed by atoms with Crippen LogP contribution in [0.1, 0.15) is 44.7 Å². The van der Waals surface area contributed by atoms with Crippen LogP contribution in [0.4, 0.5) is 14.7 Å². The Morgan fingerprint density at radius 3 is 2.22 bits per heavy atom. The molecule has 0 radical (unpaired) electrons. The number of aromatic nitrogens is 2. The van der Waals surface area contributed by atoms with Gasteiger partial charge in [-0.2, -0.15) is 0 Å². The lowest BCUT2D eigenvalue weighted by Crippen LogP contribution is -2.36. The van der Waals surface area contributed by atoms with Crippen LogP contribution >= 0.6 is 0 Å². The van der Waals surface area contributed by atoms with Gasteiger partial charge in [0.1, 0.15) is 0 Å². The van der Waals surface area contributed by atoms with Gasteiger partial charge in [0.15, 0.2) is 29.6 Å². The van der Waals surface area contributed by atoms with E-state index in [-0.39, 0.29) is 24.3 Å². The molecule has 0 N–H and O–H groups in total. The molecule has 0 spiro atoms. The second-order valence-corrected chi connectivity index (χ2v) is 9.46. The minimum Gasteiger partial charge on any atom is -0.624 e. The third-order valence-electron chi connectivity index (χ3n) is 6.49. The van der Waals surface area contributed by atoms with E-state index >= 15 is 0 Å². The highest BCUT2D eigenvalue weighted by Crippen LogP contribution is 2.30. The van der Waals surface area contributed by atoms with E-state index in [0.717, 1.165) is 54.2 Å². The molecule has 3 aromatic rings. The van der Waals surface area contributed by atoms with Crippen LogP contribution in [0, 0.1) is 22.8 Å². The van der Waals surface area contributed by atoms with Gasteiger partial charge in [-0.1, -0.05) is 19.1 Å². The van der Waals surface area contributed by atoms with Gasteiger partial charge in [-0.25, -0.2) is 23.5 Å². The van der Waals surface area contributed by atoms with Gasteiger partial charge in [-0.05, 0) is 80.0 Å². The van der Waals surface area contributed by atoms with Crippen molar-refractivity contribution in [1.29, 1.82) is 0 Å². The first-order chi connectivity index (χ1) is 17.3. The fraction of sp³-hybridized carbons (Fsp3) is 0.393. The number of benzene rings is 2. The summed E-state index contributed by atoms with van der Waals surface area (Å²) < 4.78 is 36.1. The lowest BCUT2D eigenvalue weighted by molar-refractivity contribution is -0.487. The number of ether oxygens (including phenoxy) is 1.